The quantitative estimate of drug-likeness (QED) is 0.406. The first-order valence-electron chi connectivity index (χ1n) is 10.8. The van der Waals surface area contributed by atoms with Crippen LogP contribution in [-0.2, 0) is 27.4 Å². The van der Waals surface area contributed by atoms with Crippen LogP contribution in [-0.4, -0.2) is 34.5 Å². The molecule has 10 heteroatoms. The highest BCUT2D eigenvalue weighted by atomic mass is 32.2. The SMILES string of the molecule is COc1ccc(CCCNC(=O)CN(c2cccc(C(F)(F)F)c2)S(=O)(=O)c2ccccc2)cc1. The van der Waals surface area contributed by atoms with Gasteiger partial charge in [-0.3, -0.25) is 9.10 Å². The van der Waals surface area contributed by atoms with Crippen molar-refractivity contribution in [3.05, 3.63) is 90.0 Å². The predicted octanol–water partition coefficient (Wildman–Crippen LogP) is 4.66. The normalized spacial score (nSPS) is 11.7. The summed E-state index contributed by atoms with van der Waals surface area (Å²) >= 11 is 0. The van der Waals surface area contributed by atoms with Gasteiger partial charge in [0.15, 0.2) is 0 Å². The van der Waals surface area contributed by atoms with Crippen molar-refractivity contribution in [1.82, 2.24) is 5.32 Å². The van der Waals surface area contributed by atoms with E-state index in [1.54, 1.807) is 13.2 Å². The van der Waals surface area contributed by atoms with Gasteiger partial charge < -0.3 is 10.1 Å². The Balaban J connectivity index is 1.73. The molecule has 0 aliphatic carbocycles. The molecule has 0 spiro atoms. The minimum absolute atomic E-state index is 0.135. The van der Waals surface area contributed by atoms with E-state index in [-0.39, 0.29) is 17.1 Å². The Kier molecular flexibility index (Phi) is 8.39. The lowest BCUT2D eigenvalue weighted by molar-refractivity contribution is -0.137. The molecular formula is C25H25F3N2O4S. The molecule has 0 heterocycles. The molecule has 0 radical (unpaired) electrons. The van der Waals surface area contributed by atoms with Crippen LogP contribution in [0, 0.1) is 0 Å². The smallest absolute Gasteiger partial charge is 0.416 e. The number of ether oxygens (including phenoxy) is 1. The first-order chi connectivity index (χ1) is 16.6. The third kappa shape index (κ3) is 6.98. The van der Waals surface area contributed by atoms with Crippen LogP contribution in [0.5, 0.6) is 5.75 Å². The van der Waals surface area contributed by atoms with Gasteiger partial charge in [0.1, 0.15) is 12.3 Å². The molecular weight excluding hydrogens is 481 g/mol. The number of nitrogens with one attached hydrogen (secondary N) is 1. The summed E-state index contributed by atoms with van der Waals surface area (Å²) in [5.74, 6) is 0.105. The minimum atomic E-state index is -4.66. The number of hydrogen-bond donors (Lipinski definition) is 1. The van der Waals surface area contributed by atoms with Crippen molar-refractivity contribution >= 4 is 21.6 Å². The van der Waals surface area contributed by atoms with Crippen molar-refractivity contribution in [2.75, 3.05) is 24.5 Å². The first-order valence-corrected chi connectivity index (χ1v) is 12.2. The van der Waals surface area contributed by atoms with E-state index in [0.717, 1.165) is 29.5 Å². The van der Waals surface area contributed by atoms with E-state index in [9.17, 15) is 26.4 Å². The fourth-order valence-corrected chi connectivity index (χ4v) is 4.80. The molecule has 0 aliphatic heterocycles. The van der Waals surface area contributed by atoms with Gasteiger partial charge in [0, 0.05) is 6.54 Å². The molecule has 6 nitrogen and oxygen atoms in total. The number of carbonyl (C=O) groups excluding carboxylic acids is 1. The van der Waals surface area contributed by atoms with Crippen LogP contribution in [0.3, 0.4) is 0 Å². The topological polar surface area (TPSA) is 75.7 Å². The monoisotopic (exact) mass is 506 g/mol. The molecule has 0 fully saturated rings. The molecule has 3 aromatic carbocycles. The van der Waals surface area contributed by atoms with Gasteiger partial charge in [-0.05, 0) is 60.9 Å². The van der Waals surface area contributed by atoms with E-state index < -0.39 is 34.2 Å². The number of methoxy groups -OCH3 is 1. The molecule has 0 aromatic heterocycles. The Morgan fingerprint density at radius 2 is 1.66 bits per heavy atom. The summed E-state index contributed by atoms with van der Waals surface area (Å²) in [4.78, 5) is 12.5. The molecule has 0 atom stereocenters. The number of hydrogen-bond acceptors (Lipinski definition) is 4. The lowest BCUT2D eigenvalue weighted by Crippen LogP contribution is -2.41. The lowest BCUT2D eigenvalue weighted by atomic mass is 10.1. The molecule has 0 unspecified atom stereocenters. The molecule has 186 valence electrons. The molecule has 3 aromatic rings. The van der Waals surface area contributed by atoms with Crippen LogP contribution >= 0.6 is 0 Å². The summed E-state index contributed by atoms with van der Waals surface area (Å²) in [6.07, 6.45) is -3.40. The van der Waals surface area contributed by atoms with Crippen molar-refractivity contribution in [1.29, 1.82) is 0 Å². The van der Waals surface area contributed by atoms with E-state index >= 15 is 0 Å². The number of amides is 1. The van der Waals surface area contributed by atoms with Crippen LogP contribution in [0.4, 0.5) is 18.9 Å². The van der Waals surface area contributed by atoms with Gasteiger partial charge in [0.25, 0.3) is 10.0 Å². The average molecular weight is 507 g/mol. The van der Waals surface area contributed by atoms with Gasteiger partial charge >= 0.3 is 6.18 Å². The zero-order chi connectivity index (χ0) is 25.5. The summed E-state index contributed by atoms with van der Waals surface area (Å²) in [5.41, 5.74) is -0.225. The third-order valence-corrected chi connectivity index (χ3v) is 6.99. The number of sulfonamides is 1. The van der Waals surface area contributed by atoms with Gasteiger partial charge in [-0.1, -0.05) is 36.4 Å². The van der Waals surface area contributed by atoms with Crippen molar-refractivity contribution in [2.45, 2.75) is 23.9 Å². The zero-order valence-electron chi connectivity index (χ0n) is 19.0. The van der Waals surface area contributed by atoms with Crippen LogP contribution in [0.25, 0.3) is 0 Å². The average Bonchev–Trinajstić information content (AvgIpc) is 2.85. The maximum Gasteiger partial charge on any atom is 0.416 e. The summed E-state index contributed by atoms with van der Waals surface area (Å²) in [5, 5.41) is 2.65. The Morgan fingerprint density at radius 1 is 0.971 bits per heavy atom. The van der Waals surface area contributed by atoms with E-state index in [0.29, 0.717) is 17.1 Å². The van der Waals surface area contributed by atoms with Gasteiger partial charge in [-0.15, -0.1) is 0 Å². The van der Waals surface area contributed by atoms with Crippen LogP contribution in [0.15, 0.2) is 83.8 Å². The highest BCUT2D eigenvalue weighted by Gasteiger charge is 2.33. The first kappa shape index (κ1) is 26.1. The zero-order valence-corrected chi connectivity index (χ0v) is 19.8. The minimum Gasteiger partial charge on any atom is -0.497 e. The fraction of sp³-hybridized carbons (Fsp3) is 0.240. The Hall–Kier alpha value is -3.53. The molecule has 1 N–H and O–H groups in total. The number of carbonyl (C=O) groups is 1. The summed E-state index contributed by atoms with van der Waals surface area (Å²) in [6, 6.07) is 18.6. The van der Waals surface area contributed by atoms with E-state index in [1.165, 1.54) is 30.3 Å². The van der Waals surface area contributed by atoms with Crippen LogP contribution in [0.1, 0.15) is 17.5 Å². The summed E-state index contributed by atoms with van der Waals surface area (Å²) in [7, 11) is -2.72. The highest BCUT2D eigenvalue weighted by Crippen LogP contribution is 2.33. The lowest BCUT2D eigenvalue weighted by Gasteiger charge is -2.25. The summed E-state index contributed by atoms with van der Waals surface area (Å²) < 4.78 is 72.0. The Bertz CT molecular complexity index is 1230. The van der Waals surface area contributed by atoms with Gasteiger partial charge in [-0.2, -0.15) is 13.2 Å². The van der Waals surface area contributed by atoms with E-state index in [4.69, 9.17) is 4.74 Å². The number of rotatable bonds is 10. The molecule has 3 rings (SSSR count). The second kappa shape index (κ2) is 11.3. The van der Waals surface area contributed by atoms with Crippen LogP contribution in [0.2, 0.25) is 0 Å². The van der Waals surface area contributed by atoms with Crippen molar-refractivity contribution in [2.24, 2.45) is 0 Å². The number of benzene rings is 3. The summed E-state index contributed by atoms with van der Waals surface area (Å²) in [6.45, 7) is -0.395. The number of aryl methyl sites for hydroxylation is 1. The van der Waals surface area contributed by atoms with Gasteiger partial charge in [0.05, 0.1) is 23.3 Å². The number of alkyl halides is 3. The van der Waals surface area contributed by atoms with Gasteiger partial charge in [0.2, 0.25) is 5.91 Å². The largest absolute Gasteiger partial charge is 0.497 e. The standard InChI is InChI=1S/C25H25F3N2O4S/c1-34-22-14-12-19(13-15-22)7-6-16-29-24(31)18-30(35(32,33)23-10-3-2-4-11-23)21-9-5-8-20(17-21)25(26,27)28/h2-5,8-15,17H,6-7,16,18H2,1H3,(H,29,31). The second-order valence-corrected chi connectivity index (χ2v) is 9.54. The van der Waals surface area contributed by atoms with Crippen molar-refractivity contribution in [3.8, 4) is 5.75 Å². The second-order valence-electron chi connectivity index (χ2n) is 7.67. The molecule has 35 heavy (non-hydrogen) atoms. The van der Waals surface area contributed by atoms with E-state index in [1.807, 2.05) is 24.3 Å². The number of nitrogens with zero attached hydrogens (tertiary/aromatic N) is 1. The molecule has 0 saturated carbocycles. The Labute approximate surface area is 202 Å². The van der Waals surface area contributed by atoms with E-state index in [2.05, 4.69) is 5.32 Å². The number of halogens is 3. The van der Waals surface area contributed by atoms with Crippen molar-refractivity contribution in [3.63, 3.8) is 0 Å². The maximum atomic E-state index is 13.3. The highest BCUT2D eigenvalue weighted by molar-refractivity contribution is 7.92. The van der Waals surface area contributed by atoms with Crippen molar-refractivity contribution < 1.29 is 31.1 Å². The predicted molar refractivity (Wildman–Crippen MR) is 127 cm³/mol. The third-order valence-electron chi connectivity index (χ3n) is 5.20. The molecule has 1 amide bonds. The van der Waals surface area contributed by atoms with Gasteiger partial charge in [-0.25, -0.2) is 8.42 Å². The number of anilines is 1. The molecule has 0 saturated heterocycles. The fourth-order valence-electron chi connectivity index (χ4n) is 3.37. The van der Waals surface area contributed by atoms with Crippen LogP contribution < -0.4 is 14.4 Å². The Morgan fingerprint density at radius 3 is 2.29 bits per heavy atom. The molecule has 0 aliphatic rings. The maximum absolute atomic E-state index is 13.3. The molecule has 0 bridgehead atoms.